The molecule has 1 unspecified atom stereocenters. The van der Waals surface area contributed by atoms with Gasteiger partial charge in [-0.25, -0.2) is 0 Å². The van der Waals surface area contributed by atoms with Crippen molar-refractivity contribution in [3.8, 4) is 0 Å². The van der Waals surface area contributed by atoms with E-state index >= 15 is 0 Å². The third-order valence-electron chi connectivity index (χ3n) is 13.8. The van der Waals surface area contributed by atoms with Crippen LogP contribution in [0.1, 0.15) is 303 Å². The zero-order valence-corrected chi connectivity index (χ0v) is 50.4. The van der Waals surface area contributed by atoms with Gasteiger partial charge in [0.2, 0.25) is 0 Å². The number of rotatable bonds is 58. The summed E-state index contributed by atoms with van der Waals surface area (Å²) in [6, 6.07) is 0. The van der Waals surface area contributed by atoms with Gasteiger partial charge in [-0.3, -0.25) is 14.4 Å². The summed E-state index contributed by atoms with van der Waals surface area (Å²) in [5.41, 5.74) is 0. The number of ether oxygens (including phenoxy) is 3. The Morgan fingerprint density at radius 1 is 0.273 bits per heavy atom. The first-order valence-electron chi connectivity index (χ1n) is 32.4. The van der Waals surface area contributed by atoms with E-state index in [1.54, 1.807) is 0 Å². The molecule has 1 atom stereocenters. The number of unbranched alkanes of at least 4 members (excludes halogenated alkanes) is 29. The van der Waals surface area contributed by atoms with Gasteiger partial charge in [0.05, 0.1) is 0 Å². The Kier molecular flexibility index (Phi) is 61.3. The molecule has 0 aromatic rings. The highest BCUT2D eigenvalue weighted by Crippen LogP contribution is 2.16. The fourth-order valence-corrected chi connectivity index (χ4v) is 8.95. The molecule has 0 saturated carbocycles. The lowest BCUT2D eigenvalue weighted by molar-refractivity contribution is -0.166. The van der Waals surface area contributed by atoms with Crippen molar-refractivity contribution >= 4 is 17.9 Å². The monoisotopic (exact) mass is 1070 g/mol. The third kappa shape index (κ3) is 62.8. The second-order valence-electron chi connectivity index (χ2n) is 21.3. The van der Waals surface area contributed by atoms with Crippen LogP contribution in [0.25, 0.3) is 0 Å². The van der Waals surface area contributed by atoms with Gasteiger partial charge in [0.25, 0.3) is 0 Å². The Balaban J connectivity index is 4.38. The average molecular weight is 1070 g/mol. The van der Waals surface area contributed by atoms with Gasteiger partial charge in [0.15, 0.2) is 6.10 Å². The minimum atomic E-state index is -0.820. The fraction of sp³-hybridized carbons (Fsp3) is 0.704. The van der Waals surface area contributed by atoms with Crippen molar-refractivity contribution < 1.29 is 28.6 Å². The van der Waals surface area contributed by atoms with Gasteiger partial charge in [-0.15, -0.1) is 0 Å². The number of hydrogen-bond donors (Lipinski definition) is 0. The topological polar surface area (TPSA) is 78.9 Å². The van der Waals surface area contributed by atoms with Crippen molar-refractivity contribution in [2.75, 3.05) is 13.2 Å². The van der Waals surface area contributed by atoms with E-state index in [2.05, 4.69) is 124 Å². The maximum absolute atomic E-state index is 12.9. The first-order valence-corrected chi connectivity index (χ1v) is 32.4. The molecule has 0 aliphatic carbocycles. The molecule has 0 saturated heterocycles. The van der Waals surface area contributed by atoms with Gasteiger partial charge in [0.1, 0.15) is 13.2 Å². The van der Waals surface area contributed by atoms with Gasteiger partial charge in [-0.2, -0.15) is 0 Å². The molecule has 0 N–H and O–H groups in total. The lowest BCUT2D eigenvalue weighted by Gasteiger charge is -2.18. The Hall–Kier alpha value is -3.93. The molecule has 77 heavy (non-hydrogen) atoms. The van der Waals surface area contributed by atoms with E-state index < -0.39 is 12.1 Å². The van der Waals surface area contributed by atoms with Crippen LogP contribution >= 0.6 is 0 Å². The molecule has 0 bridgehead atoms. The quantitative estimate of drug-likeness (QED) is 0.0261. The van der Waals surface area contributed by atoms with Crippen LogP contribution in [0.4, 0.5) is 0 Å². The lowest BCUT2D eigenvalue weighted by Crippen LogP contribution is -2.30. The van der Waals surface area contributed by atoms with Crippen LogP contribution in [0.3, 0.4) is 0 Å². The Morgan fingerprint density at radius 3 is 0.844 bits per heavy atom. The third-order valence-corrected chi connectivity index (χ3v) is 13.8. The summed E-state index contributed by atoms with van der Waals surface area (Å²) in [7, 11) is 0. The van der Waals surface area contributed by atoms with Gasteiger partial charge < -0.3 is 14.2 Å². The van der Waals surface area contributed by atoms with Crippen molar-refractivity contribution in [1.82, 2.24) is 0 Å². The molecule has 0 radical (unpaired) electrons. The van der Waals surface area contributed by atoms with Crippen LogP contribution < -0.4 is 0 Å². The average Bonchev–Trinajstić information content (AvgIpc) is 3.43. The fourth-order valence-electron chi connectivity index (χ4n) is 8.95. The summed E-state index contributed by atoms with van der Waals surface area (Å²) in [5.74, 6) is -0.986. The normalized spacial score (nSPS) is 12.8. The highest BCUT2D eigenvalue weighted by molar-refractivity contribution is 5.71. The molecule has 0 rings (SSSR count). The molecule has 0 aromatic heterocycles. The van der Waals surface area contributed by atoms with E-state index in [-0.39, 0.29) is 31.6 Å². The van der Waals surface area contributed by atoms with Crippen molar-refractivity contribution in [2.24, 2.45) is 0 Å². The second kappa shape index (κ2) is 64.6. The summed E-state index contributed by atoms with van der Waals surface area (Å²) in [6.45, 7) is 6.47. The maximum atomic E-state index is 12.9. The zero-order valence-electron chi connectivity index (χ0n) is 50.4. The molecular formula is C71H120O6. The van der Waals surface area contributed by atoms with Crippen LogP contribution in [0.15, 0.2) is 109 Å². The Morgan fingerprint density at radius 2 is 0.532 bits per heavy atom. The molecule has 0 spiro atoms. The molecular weight excluding hydrogens is 949 g/mol. The molecule has 6 nitrogen and oxygen atoms in total. The number of carbonyl (C=O) groups is 3. The van der Waals surface area contributed by atoms with Crippen LogP contribution in [0.5, 0.6) is 0 Å². The minimum absolute atomic E-state index is 0.107. The molecule has 0 heterocycles. The summed E-state index contributed by atoms with van der Waals surface area (Å²) < 4.78 is 16.8. The maximum Gasteiger partial charge on any atom is 0.306 e. The van der Waals surface area contributed by atoms with E-state index in [1.165, 1.54) is 167 Å². The SMILES string of the molecule is CC/C=C\C/C=C\C/C=C\C/C=C\C/C=C\C/C=C\CCC(=O)OC(COC(=O)CCCCCCCCCCCCCCC)COC(=O)CCCCCCCCCCCCCC/C=C\C/C=C\C/C=C\CCCCCCC. The van der Waals surface area contributed by atoms with Gasteiger partial charge in [0, 0.05) is 19.3 Å². The van der Waals surface area contributed by atoms with E-state index in [1.807, 2.05) is 6.08 Å². The van der Waals surface area contributed by atoms with E-state index in [9.17, 15) is 14.4 Å². The Labute approximate surface area is 476 Å². The standard InChI is InChI=1S/C71H120O6/c1-4-7-10-13-16-19-22-25-27-29-31-32-33-34-35-36-37-38-40-41-43-46-49-52-55-58-61-64-70(73)76-67-68(66-75-69(72)63-60-57-54-51-48-45-24-21-18-15-12-9-6-3)77-71(74)65-62-59-56-53-50-47-44-42-39-30-28-26-23-20-17-14-11-8-5-2/h8,11,17,20,22,25-26,28-29,31,33-34,39,42,47,50,56,59,68H,4-7,9-10,12-16,18-19,21,23-24,27,30,32,35-38,40-41,43-46,48-49,51-55,57-58,60-67H2,1-3H3/b11-8-,20-17-,25-22-,28-26-,31-29-,34-33-,42-39-,50-47-,59-56-. The molecule has 0 aliphatic rings. The van der Waals surface area contributed by atoms with E-state index in [4.69, 9.17) is 14.2 Å². The van der Waals surface area contributed by atoms with Crippen LogP contribution in [-0.4, -0.2) is 37.2 Å². The molecule has 0 aliphatic heterocycles. The van der Waals surface area contributed by atoms with Gasteiger partial charge >= 0.3 is 17.9 Å². The molecule has 0 aromatic carbocycles. The van der Waals surface area contributed by atoms with Crippen LogP contribution in [0, 0.1) is 0 Å². The number of esters is 3. The zero-order chi connectivity index (χ0) is 55.7. The predicted octanol–water partition coefficient (Wildman–Crippen LogP) is 22.2. The number of hydrogen-bond acceptors (Lipinski definition) is 6. The summed E-state index contributed by atoms with van der Waals surface area (Å²) in [4.78, 5) is 38.3. The minimum Gasteiger partial charge on any atom is -0.462 e. The molecule has 0 fully saturated rings. The summed E-state index contributed by atoms with van der Waals surface area (Å²) >= 11 is 0. The smallest absolute Gasteiger partial charge is 0.306 e. The van der Waals surface area contributed by atoms with Crippen molar-refractivity contribution in [3.63, 3.8) is 0 Å². The highest BCUT2D eigenvalue weighted by atomic mass is 16.6. The first kappa shape index (κ1) is 73.1. The number of carbonyl (C=O) groups excluding carboxylic acids is 3. The van der Waals surface area contributed by atoms with Crippen molar-refractivity contribution in [2.45, 2.75) is 309 Å². The van der Waals surface area contributed by atoms with Gasteiger partial charge in [-0.05, 0) is 96.3 Å². The van der Waals surface area contributed by atoms with Crippen molar-refractivity contribution in [1.29, 1.82) is 0 Å². The molecule has 0 amide bonds. The first-order chi connectivity index (χ1) is 38.0. The summed E-state index contributed by atoms with van der Waals surface area (Å²) in [6.07, 6.45) is 88.2. The van der Waals surface area contributed by atoms with E-state index in [0.717, 1.165) is 89.9 Å². The molecule has 440 valence electrons. The lowest BCUT2D eigenvalue weighted by atomic mass is 10.0. The number of allylic oxidation sites excluding steroid dienone is 18. The highest BCUT2D eigenvalue weighted by Gasteiger charge is 2.19. The van der Waals surface area contributed by atoms with Gasteiger partial charge in [-0.1, -0.05) is 297 Å². The van der Waals surface area contributed by atoms with E-state index in [0.29, 0.717) is 19.3 Å². The summed E-state index contributed by atoms with van der Waals surface area (Å²) in [5, 5.41) is 0. The predicted molar refractivity (Wildman–Crippen MR) is 334 cm³/mol. The van der Waals surface area contributed by atoms with Crippen molar-refractivity contribution in [3.05, 3.63) is 109 Å². The van der Waals surface area contributed by atoms with Crippen LogP contribution in [-0.2, 0) is 28.6 Å². The molecule has 6 heteroatoms. The van der Waals surface area contributed by atoms with Crippen LogP contribution in [0.2, 0.25) is 0 Å². The second-order valence-corrected chi connectivity index (χ2v) is 21.3. The largest absolute Gasteiger partial charge is 0.462 e. The Bertz CT molecular complexity index is 1560.